The van der Waals surface area contributed by atoms with Crippen LogP contribution >= 0.6 is 0 Å². The Bertz CT molecular complexity index is 1180. The Morgan fingerprint density at radius 3 is 2.65 bits per heavy atom. The third-order valence-electron chi connectivity index (χ3n) is 4.66. The maximum Gasteiger partial charge on any atom is 0.416 e. The molecule has 1 aliphatic carbocycles. The number of urea groups is 1. The van der Waals surface area contributed by atoms with E-state index in [0.29, 0.717) is 18.5 Å². The number of carbonyl (C=O) groups is 2. The van der Waals surface area contributed by atoms with Crippen LogP contribution in [-0.2, 0) is 12.7 Å². The highest BCUT2D eigenvalue weighted by Crippen LogP contribution is 2.31. The molecule has 3 amide bonds. The van der Waals surface area contributed by atoms with E-state index in [1.165, 1.54) is 28.9 Å². The van der Waals surface area contributed by atoms with Crippen molar-refractivity contribution in [2.24, 2.45) is 0 Å². The van der Waals surface area contributed by atoms with E-state index < -0.39 is 23.7 Å². The van der Waals surface area contributed by atoms with Crippen molar-refractivity contribution in [2.75, 3.05) is 5.32 Å². The standard InChI is InChI=1S/C24H24F3N5O2/c1-16(2)29-22(33)20-14-21(32(31-20)18-11-6-4-3-5-7-12-18)30-23(34)28-15-17-10-8-9-13-19(17)24(25,26)27/h6,8-14,16H,4,7,15H2,1-2H3,(H,29,33)(H2,28,30,34)/b11-6-,18-12+. The van der Waals surface area contributed by atoms with Gasteiger partial charge in [0, 0.05) is 31.5 Å². The zero-order valence-corrected chi connectivity index (χ0v) is 18.7. The number of rotatable bonds is 6. The van der Waals surface area contributed by atoms with Gasteiger partial charge in [-0.15, -0.1) is 0 Å². The van der Waals surface area contributed by atoms with Gasteiger partial charge in [-0.05, 0) is 37.6 Å². The Morgan fingerprint density at radius 1 is 1.18 bits per heavy atom. The van der Waals surface area contributed by atoms with Gasteiger partial charge in [0.15, 0.2) is 5.69 Å². The number of allylic oxidation sites excluding steroid dienone is 4. The van der Waals surface area contributed by atoms with Crippen LogP contribution in [0.4, 0.5) is 23.8 Å². The maximum absolute atomic E-state index is 13.2. The van der Waals surface area contributed by atoms with Crippen LogP contribution in [0.3, 0.4) is 0 Å². The van der Waals surface area contributed by atoms with Crippen molar-refractivity contribution in [1.82, 2.24) is 20.4 Å². The van der Waals surface area contributed by atoms with Crippen molar-refractivity contribution < 1.29 is 22.8 Å². The second-order valence-corrected chi connectivity index (χ2v) is 7.71. The fourth-order valence-electron chi connectivity index (χ4n) is 3.16. The summed E-state index contributed by atoms with van der Waals surface area (Å²) < 4.78 is 41.0. The smallest absolute Gasteiger partial charge is 0.348 e. The zero-order chi connectivity index (χ0) is 24.7. The minimum Gasteiger partial charge on any atom is -0.348 e. The third kappa shape index (κ3) is 6.51. The lowest BCUT2D eigenvalue weighted by molar-refractivity contribution is -0.138. The van der Waals surface area contributed by atoms with Crippen LogP contribution in [0.25, 0.3) is 5.70 Å². The monoisotopic (exact) mass is 471 g/mol. The molecule has 10 heteroatoms. The molecule has 1 aromatic heterocycles. The number of nitrogens with zero attached hydrogens (tertiary/aromatic N) is 2. The van der Waals surface area contributed by atoms with Crippen LogP contribution in [0, 0.1) is 11.8 Å². The zero-order valence-electron chi connectivity index (χ0n) is 18.7. The van der Waals surface area contributed by atoms with Gasteiger partial charge in [-0.2, -0.15) is 18.3 Å². The maximum atomic E-state index is 13.2. The van der Waals surface area contributed by atoms with Gasteiger partial charge in [-0.3, -0.25) is 10.1 Å². The van der Waals surface area contributed by atoms with E-state index in [9.17, 15) is 22.8 Å². The Morgan fingerprint density at radius 2 is 1.91 bits per heavy atom. The molecule has 34 heavy (non-hydrogen) atoms. The molecule has 2 aromatic rings. The minimum absolute atomic E-state index is 0.0695. The molecule has 3 N–H and O–H groups in total. The van der Waals surface area contributed by atoms with E-state index in [1.54, 1.807) is 26.0 Å². The predicted molar refractivity (Wildman–Crippen MR) is 123 cm³/mol. The van der Waals surface area contributed by atoms with Gasteiger partial charge in [-0.25, -0.2) is 9.48 Å². The predicted octanol–water partition coefficient (Wildman–Crippen LogP) is 4.56. The van der Waals surface area contributed by atoms with Crippen LogP contribution < -0.4 is 16.0 Å². The van der Waals surface area contributed by atoms with E-state index in [4.69, 9.17) is 0 Å². The molecule has 0 saturated carbocycles. The summed E-state index contributed by atoms with van der Waals surface area (Å²) in [4.78, 5) is 25.0. The number of anilines is 1. The minimum atomic E-state index is -4.54. The van der Waals surface area contributed by atoms with E-state index in [-0.39, 0.29) is 29.7 Å². The normalized spacial score (nSPS) is 15.8. The summed E-state index contributed by atoms with van der Waals surface area (Å²) in [5.41, 5.74) is -0.219. The molecule has 0 spiro atoms. The van der Waals surface area contributed by atoms with Crippen LogP contribution in [0.15, 0.2) is 48.6 Å². The highest BCUT2D eigenvalue weighted by atomic mass is 19.4. The molecule has 0 atom stereocenters. The summed E-state index contributed by atoms with van der Waals surface area (Å²) in [5.74, 6) is 5.69. The third-order valence-corrected chi connectivity index (χ3v) is 4.66. The fraction of sp³-hybridized carbons (Fsp3) is 0.292. The van der Waals surface area contributed by atoms with Crippen molar-refractivity contribution in [3.63, 3.8) is 0 Å². The average molecular weight is 471 g/mol. The topological polar surface area (TPSA) is 88.0 Å². The lowest BCUT2D eigenvalue weighted by Crippen LogP contribution is -2.30. The quantitative estimate of drug-likeness (QED) is 0.540. The first-order valence-electron chi connectivity index (χ1n) is 10.6. The summed E-state index contributed by atoms with van der Waals surface area (Å²) >= 11 is 0. The molecule has 0 aliphatic heterocycles. The van der Waals surface area contributed by atoms with Crippen molar-refractivity contribution in [2.45, 2.75) is 45.5 Å². The van der Waals surface area contributed by atoms with Crippen molar-refractivity contribution >= 4 is 23.5 Å². The number of alkyl halides is 3. The van der Waals surface area contributed by atoms with Gasteiger partial charge in [0.2, 0.25) is 0 Å². The highest BCUT2D eigenvalue weighted by Gasteiger charge is 2.32. The number of aromatic nitrogens is 2. The number of nitrogens with one attached hydrogen (secondary N) is 3. The Labute approximate surface area is 195 Å². The number of hydrogen-bond donors (Lipinski definition) is 3. The molecule has 3 rings (SSSR count). The second kappa shape index (κ2) is 10.7. The molecule has 7 nitrogen and oxygen atoms in total. The molecule has 0 saturated heterocycles. The number of hydrogen-bond acceptors (Lipinski definition) is 3. The molecule has 1 aromatic carbocycles. The van der Waals surface area contributed by atoms with Crippen LogP contribution in [0.5, 0.6) is 0 Å². The summed E-state index contributed by atoms with van der Waals surface area (Å²) in [5, 5.41) is 12.1. The second-order valence-electron chi connectivity index (χ2n) is 7.71. The van der Waals surface area contributed by atoms with Gasteiger partial charge >= 0.3 is 12.2 Å². The summed E-state index contributed by atoms with van der Waals surface area (Å²) in [6.45, 7) is 3.27. The lowest BCUT2D eigenvalue weighted by Gasteiger charge is -2.14. The summed E-state index contributed by atoms with van der Waals surface area (Å²) in [7, 11) is 0. The van der Waals surface area contributed by atoms with Crippen molar-refractivity contribution in [3.05, 3.63) is 65.4 Å². The molecule has 178 valence electrons. The number of amides is 3. The fourth-order valence-corrected chi connectivity index (χ4v) is 3.16. The SMILES string of the molecule is CC(C)NC(=O)c1cc(NC(=O)NCc2ccccc2C(F)(F)F)n(C2=C/CC#CC/C=C\2)n1. The molecule has 0 fully saturated rings. The van der Waals surface area contributed by atoms with Crippen molar-refractivity contribution in [3.8, 4) is 11.8 Å². The molecule has 0 unspecified atom stereocenters. The number of halogens is 3. The van der Waals surface area contributed by atoms with Crippen LogP contribution in [0.2, 0.25) is 0 Å². The number of carbonyl (C=O) groups excluding carboxylic acids is 2. The summed E-state index contributed by atoms with van der Waals surface area (Å²) in [6.07, 6.45) is 1.85. The Balaban J connectivity index is 1.83. The van der Waals surface area contributed by atoms with Crippen LogP contribution in [-0.4, -0.2) is 27.8 Å². The van der Waals surface area contributed by atoms with Gasteiger partial charge in [0.25, 0.3) is 5.91 Å². The van der Waals surface area contributed by atoms with Crippen LogP contribution in [0.1, 0.15) is 48.3 Å². The first-order chi connectivity index (χ1) is 16.1. The first kappa shape index (κ1) is 24.6. The van der Waals surface area contributed by atoms with E-state index >= 15 is 0 Å². The largest absolute Gasteiger partial charge is 0.416 e. The van der Waals surface area contributed by atoms with Crippen molar-refractivity contribution in [1.29, 1.82) is 0 Å². The molecule has 0 bridgehead atoms. The van der Waals surface area contributed by atoms with Gasteiger partial charge < -0.3 is 10.6 Å². The summed E-state index contributed by atoms with van der Waals surface area (Å²) in [6, 6.07) is 5.54. The molecule has 1 aliphatic rings. The van der Waals surface area contributed by atoms with Gasteiger partial charge in [0.1, 0.15) is 5.82 Å². The van der Waals surface area contributed by atoms with E-state index in [2.05, 4.69) is 32.9 Å². The Hall–Kier alpha value is -4.00. The first-order valence-corrected chi connectivity index (χ1v) is 10.6. The van der Waals surface area contributed by atoms with E-state index in [0.717, 1.165) is 6.07 Å². The number of benzene rings is 1. The molecular formula is C24H24F3N5O2. The Kier molecular flexibility index (Phi) is 7.79. The van der Waals surface area contributed by atoms with E-state index in [1.807, 2.05) is 6.08 Å². The lowest BCUT2D eigenvalue weighted by atomic mass is 10.1. The molecule has 0 radical (unpaired) electrons. The molecule has 1 heterocycles. The highest BCUT2D eigenvalue weighted by molar-refractivity contribution is 5.96. The average Bonchev–Trinajstić information content (AvgIpc) is 3.15. The van der Waals surface area contributed by atoms with Gasteiger partial charge in [-0.1, -0.05) is 36.1 Å². The molecular weight excluding hydrogens is 447 g/mol. The van der Waals surface area contributed by atoms with Gasteiger partial charge in [0.05, 0.1) is 11.3 Å².